The van der Waals surface area contributed by atoms with Gasteiger partial charge in [0.05, 0.1) is 18.9 Å². The molecule has 0 spiro atoms. The molecule has 3 rings (SSSR count). The van der Waals surface area contributed by atoms with Gasteiger partial charge in [-0.25, -0.2) is 4.98 Å². The summed E-state index contributed by atoms with van der Waals surface area (Å²) in [6.45, 7) is 1.35. The zero-order valence-corrected chi connectivity index (χ0v) is 11.1. The van der Waals surface area contributed by atoms with Gasteiger partial charge >= 0.3 is 0 Å². The number of likely N-dealkylation sites (tertiary alicyclic amines) is 1. The molecule has 0 N–H and O–H groups in total. The molecule has 98 valence electrons. The summed E-state index contributed by atoms with van der Waals surface area (Å²) in [4.78, 5) is 18.2. The Bertz CT molecular complexity index is 565. The SMILES string of the molecule is O=C1C(c2ccc(Cl)cc2)CCN1Cn1ccnc1. The van der Waals surface area contributed by atoms with Crippen molar-refractivity contribution in [3.05, 3.63) is 53.6 Å². The minimum absolute atomic E-state index is 0.0409. The molecule has 1 saturated heterocycles. The second-order valence-corrected chi connectivity index (χ2v) is 5.15. The Morgan fingerprint density at radius 1 is 1.32 bits per heavy atom. The van der Waals surface area contributed by atoms with Gasteiger partial charge < -0.3 is 9.47 Å². The largest absolute Gasteiger partial charge is 0.324 e. The van der Waals surface area contributed by atoms with Gasteiger partial charge in [0.25, 0.3) is 0 Å². The molecular formula is C14H14ClN3O. The molecule has 19 heavy (non-hydrogen) atoms. The van der Waals surface area contributed by atoms with Crippen molar-refractivity contribution in [3.8, 4) is 0 Å². The van der Waals surface area contributed by atoms with Crippen LogP contribution in [0.3, 0.4) is 0 Å². The summed E-state index contributed by atoms with van der Waals surface area (Å²) in [5.41, 5.74) is 1.04. The fourth-order valence-corrected chi connectivity index (χ4v) is 2.58. The number of hydrogen-bond donors (Lipinski definition) is 0. The summed E-state index contributed by atoms with van der Waals surface area (Å²) < 4.78 is 1.90. The Morgan fingerprint density at radius 3 is 2.79 bits per heavy atom. The molecule has 1 amide bonds. The Hall–Kier alpha value is -1.81. The van der Waals surface area contributed by atoms with E-state index >= 15 is 0 Å². The van der Waals surface area contributed by atoms with Crippen LogP contribution in [0.5, 0.6) is 0 Å². The first kappa shape index (κ1) is 12.2. The smallest absolute Gasteiger partial charge is 0.231 e. The second kappa shape index (κ2) is 5.05. The van der Waals surface area contributed by atoms with Gasteiger partial charge in [-0.05, 0) is 24.1 Å². The van der Waals surface area contributed by atoms with Gasteiger partial charge in [-0.2, -0.15) is 0 Å². The maximum atomic E-state index is 12.4. The molecule has 0 bridgehead atoms. The number of benzene rings is 1. The Labute approximate surface area is 116 Å². The number of halogens is 1. The molecule has 0 saturated carbocycles. The van der Waals surface area contributed by atoms with E-state index in [-0.39, 0.29) is 11.8 Å². The Balaban J connectivity index is 1.73. The van der Waals surface area contributed by atoms with Crippen molar-refractivity contribution in [2.24, 2.45) is 0 Å². The highest BCUT2D eigenvalue weighted by Gasteiger charge is 2.32. The molecule has 1 fully saturated rings. The predicted octanol–water partition coefficient (Wildman–Crippen LogP) is 2.51. The minimum atomic E-state index is -0.0409. The first-order chi connectivity index (χ1) is 9.24. The van der Waals surface area contributed by atoms with Gasteiger partial charge in [0.15, 0.2) is 0 Å². The number of carbonyl (C=O) groups excluding carboxylic acids is 1. The fourth-order valence-electron chi connectivity index (χ4n) is 2.45. The average molecular weight is 276 g/mol. The molecule has 2 aromatic rings. The van der Waals surface area contributed by atoms with Gasteiger partial charge in [0.2, 0.25) is 5.91 Å². The van der Waals surface area contributed by atoms with E-state index in [1.807, 2.05) is 39.9 Å². The molecule has 0 aliphatic carbocycles. The Morgan fingerprint density at radius 2 is 2.11 bits per heavy atom. The summed E-state index contributed by atoms with van der Waals surface area (Å²) in [5.74, 6) is 0.136. The molecular weight excluding hydrogens is 262 g/mol. The third-order valence-corrected chi connectivity index (χ3v) is 3.72. The molecule has 1 aromatic heterocycles. The summed E-state index contributed by atoms with van der Waals surface area (Å²) in [6.07, 6.45) is 6.16. The van der Waals surface area contributed by atoms with Gasteiger partial charge in [-0.3, -0.25) is 4.79 Å². The van der Waals surface area contributed by atoms with E-state index in [1.165, 1.54) is 0 Å². The quantitative estimate of drug-likeness (QED) is 0.863. The maximum absolute atomic E-state index is 12.4. The van der Waals surface area contributed by atoms with Crippen LogP contribution in [0.25, 0.3) is 0 Å². The number of carbonyl (C=O) groups is 1. The fraction of sp³-hybridized carbons (Fsp3) is 0.286. The van der Waals surface area contributed by atoms with Crippen molar-refractivity contribution in [1.82, 2.24) is 14.5 Å². The molecule has 1 aliphatic heterocycles. The Kier molecular flexibility index (Phi) is 3.25. The first-order valence-electron chi connectivity index (χ1n) is 6.24. The molecule has 2 heterocycles. The van der Waals surface area contributed by atoms with Crippen molar-refractivity contribution in [3.63, 3.8) is 0 Å². The number of aromatic nitrogens is 2. The lowest BCUT2D eigenvalue weighted by Gasteiger charge is -2.17. The van der Waals surface area contributed by atoms with Gasteiger partial charge in [-0.15, -0.1) is 0 Å². The van der Waals surface area contributed by atoms with Crippen molar-refractivity contribution in [1.29, 1.82) is 0 Å². The van der Waals surface area contributed by atoms with Crippen LogP contribution >= 0.6 is 11.6 Å². The van der Waals surface area contributed by atoms with Crippen LogP contribution in [0.1, 0.15) is 17.9 Å². The van der Waals surface area contributed by atoms with Crippen LogP contribution in [0.4, 0.5) is 0 Å². The van der Waals surface area contributed by atoms with Crippen LogP contribution in [0.2, 0.25) is 5.02 Å². The average Bonchev–Trinajstić information content (AvgIpc) is 3.03. The highest BCUT2D eigenvalue weighted by molar-refractivity contribution is 6.30. The van der Waals surface area contributed by atoms with E-state index < -0.39 is 0 Å². The number of rotatable bonds is 3. The lowest BCUT2D eigenvalue weighted by Crippen LogP contribution is -2.28. The van der Waals surface area contributed by atoms with Crippen molar-refractivity contribution in [2.75, 3.05) is 6.54 Å². The van der Waals surface area contributed by atoms with Crippen LogP contribution < -0.4 is 0 Å². The van der Waals surface area contributed by atoms with Crippen molar-refractivity contribution in [2.45, 2.75) is 19.0 Å². The van der Waals surface area contributed by atoms with E-state index in [4.69, 9.17) is 11.6 Å². The zero-order chi connectivity index (χ0) is 13.2. The van der Waals surface area contributed by atoms with Gasteiger partial charge in [-0.1, -0.05) is 23.7 Å². The molecule has 1 atom stereocenters. The van der Waals surface area contributed by atoms with Crippen molar-refractivity contribution < 1.29 is 4.79 Å². The highest BCUT2D eigenvalue weighted by Crippen LogP contribution is 2.29. The molecule has 1 aliphatic rings. The molecule has 1 unspecified atom stereocenters. The number of imidazole rings is 1. The molecule has 5 heteroatoms. The standard InChI is InChI=1S/C14H14ClN3O/c15-12-3-1-11(2-4-12)13-5-7-18(14(13)19)10-17-8-6-16-9-17/h1-4,6,8-9,13H,5,7,10H2. The first-order valence-corrected chi connectivity index (χ1v) is 6.62. The topological polar surface area (TPSA) is 38.1 Å². The predicted molar refractivity (Wildman–Crippen MR) is 72.8 cm³/mol. The van der Waals surface area contributed by atoms with E-state index in [9.17, 15) is 4.79 Å². The maximum Gasteiger partial charge on any atom is 0.231 e. The zero-order valence-electron chi connectivity index (χ0n) is 10.4. The third-order valence-electron chi connectivity index (χ3n) is 3.46. The summed E-state index contributed by atoms with van der Waals surface area (Å²) in [7, 11) is 0. The molecule has 4 nitrogen and oxygen atoms in total. The lowest BCUT2D eigenvalue weighted by atomic mass is 9.98. The second-order valence-electron chi connectivity index (χ2n) is 4.71. The monoisotopic (exact) mass is 275 g/mol. The van der Waals surface area contributed by atoms with Gasteiger partial charge in [0.1, 0.15) is 0 Å². The lowest BCUT2D eigenvalue weighted by molar-refractivity contribution is -0.130. The van der Waals surface area contributed by atoms with E-state index in [0.29, 0.717) is 11.7 Å². The summed E-state index contributed by atoms with van der Waals surface area (Å²) in [6, 6.07) is 7.54. The van der Waals surface area contributed by atoms with Crippen LogP contribution in [-0.4, -0.2) is 26.9 Å². The van der Waals surface area contributed by atoms with E-state index in [1.54, 1.807) is 12.5 Å². The van der Waals surface area contributed by atoms with Crippen LogP contribution in [0.15, 0.2) is 43.0 Å². The number of nitrogens with zero attached hydrogens (tertiary/aromatic N) is 3. The molecule has 0 radical (unpaired) electrons. The normalized spacial score (nSPS) is 19.1. The summed E-state index contributed by atoms with van der Waals surface area (Å²) in [5, 5.41) is 0.699. The summed E-state index contributed by atoms with van der Waals surface area (Å²) >= 11 is 5.87. The third kappa shape index (κ3) is 2.49. The number of hydrogen-bond acceptors (Lipinski definition) is 2. The van der Waals surface area contributed by atoms with E-state index in [2.05, 4.69) is 4.98 Å². The molecule has 1 aromatic carbocycles. The van der Waals surface area contributed by atoms with E-state index in [0.717, 1.165) is 18.5 Å². The minimum Gasteiger partial charge on any atom is -0.324 e. The van der Waals surface area contributed by atoms with Crippen LogP contribution in [0, 0.1) is 0 Å². The van der Waals surface area contributed by atoms with Crippen LogP contribution in [-0.2, 0) is 11.5 Å². The number of amides is 1. The van der Waals surface area contributed by atoms with Crippen molar-refractivity contribution >= 4 is 17.5 Å². The highest BCUT2D eigenvalue weighted by atomic mass is 35.5. The van der Waals surface area contributed by atoms with Gasteiger partial charge in [0, 0.05) is 24.0 Å².